The molecule has 0 fully saturated rings. The lowest BCUT2D eigenvalue weighted by Crippen LogP contribution is -2.07. The van der Waals surface area contributed by atoms with E-state index in [0.29, 0.717) is 35.9 Å². The maximum atomic E-state index is 9.63. The van der Waals surface area contributed by atoms with Crippen LogP contribution in [0.15, 0.2) is 219 Å². The fraction of sp³-hybridized carbons (Fsp3) is 0.167. The molecule has 0 saturated carbocycles. The van der Waals surface area contributed by atoms with Crippen molar-refractivity contribution in [1.29, 1.82) is 10.5 Å². The molecule has 0 aliphatic carbocycles. The van der Waals surface area contributed by atoms with Gasteiger partial charge in [-0.05, 0) is 212 Å². The first-order valence-corrected chi connectivity index (χ1v) is 35.2. The van der Waals surface area contributed by atoms with E-state index < -0.39 is 0 Å². The Morgan fingerprint density at radius 2 is 0.667 bits per heavy atom. The number of nitriles is 2. The summed E-state index contributed by atoms with van der Waals surface area (Å²) in [6.07, 6.45) is 7.37. The van der Waals surface area contributed by atoms with Crippen LogP contribution < -0.4 is 34.4 Å². The molecule has 24 nitrogen and oxygen atoms in total. The van der Waals surface area contributed by atoms with E-state index in [1.54, 1.807) is 20.2 Å². The normalized spacial score (nSPS) is 12.3. The Morgan fingerprint density at radius 1 is 0.352 bits per heavy atom. The van der Waals surface area contributed by atoms with Gasteiger partial charge in [-0.15, -0.1) is 0 Å². The van der Waals surface area contributed by atoms with Crippen LogP contribution in [0.3, 0.4) is 0 Å². The minimum Gasteiger partial charge on any atom is -0.326 e. The maximum Gasteiger partial charge on any atom is 0.154 e. The highest BCUT2D eigenvalue weighted by Crippen LogP contribution is 2.34. The quantitative estimate of drug-likeness (QED) is 0.0589. The van der Waals surface area contributed by atoms with Crippen molar-refractivity contribution in [2.45, 2.75) is 92.6 Å². The topological polar surface area (TPSA) is 378 Å². The molecule has 0 spiro atoms. The number of hydrogen-bond acceptors (Lipinski definition) is 20. The summed E-state index contributed by atoms with van der Waals surface area (Å²) in [5.41, 5.74) is 56.4. The molecule has 4 atom stereocenters. The molecular weight excluding hydrogens is 1350 g/mol. The molecule has 24 heteroatoms. The number of hydrogen-bond donors (Lipinski definition) is 6. The van der Waals surface area contributed by atoms with E-state index in [-0.39, 0.29) is 24.2 Å². The fourth-order valence-corrected chi connectivity index (χ4v) is 12.4. The highest BCUT2D eigenvalue weighted by atomic mass is 15.3. The van der Waals surface area contributed by atoms with E-state index in [1.165, 1.54) is 0 Å². The van der Waals surface area contributed by atoms with Gasteiger partial charge in [0.25, 0.3) is 0 Å². The Bertz CT molecular complexity index is 6030. The first-order chi connectivity index (χ1) is 52.2. The summed E-state index contributed by atoms with van der Waals surface area (Å²) in [5, 5.41) is 41.2. The number of pyridine rings is 8. The average molecular weight is 1430 g/mol. The van der Waals surface area contributed by atoms with E-state index in [4.69, 9.17) is 44.5 Å². The second-order valence-corrected chi connectivity index (χ2v) is 26.4. The largest absolute Gasteiger partial charge is 0.326 e. The van der Waals surface area contributed by atoms with Gasteiger partial charge >= 0.3 is 0 Å². The second-order valence-electron chi connectivity index (χ2n) is 26.4. The van der Waals surface area contributed by atoms with Crippen molar-refractivity contribution in [1.82, 2.24) is 79.0 Å². The van der Waals surface area contributed by atoms with Gasteiger partial charge in [0.15, 0.2) is 23.3 Å². The second kappa shape index (κ2) is 32.0. The Balaban J connectivity index is 0.000000127. The Morgan fingerprint density at radius 3 is 1.06 bits per heavy atom. The van der Waals surface area contributed by atoms with E-state index in [2.05, 4.69) is 80.5 Å². The van der Waals surface area contributed by atoms with E-state index >= 15 is 0 Å². The standard InChI is InChI=1S/C21H22N6.C21H18N6.C21H22N6.C21H18N6/c2*1-13-5-3-8-21(24-13)27-12-17-16(11-22)9-15(10-20(17)26-27)19-7-4-6-18(25-19)14(2)23;2*1-13-5-3-8-21(25-13)27-20-10-15(9-16(11-22)17(20)12-24-27)19-7-4-6-18(26-19)14(2)23/h3-10,12,14H,11,22-23H2,1-2H3;3-10,12,14H,23H2,1-2H3;3-10,12,14H,11,22-23H2,1-2H3;3-10,12,14H,23H2,1-2H3. The van der Waals surface area contributed by atoms with Gasteiger partial charge in [0.2, 0.25) is 0 Å². The van der Waals surface area contributed by atoms with Gasteiger partial charge in [0.1, 0.15) is 0 Å². The lowest BCUT2D eigenvalue weighted by Gasteiger charge is -2.10. The Labute approximate surface area is 624 Å². The van der Waals surface area contributed by atoms with Crippen molar-refractivity contribution in [3.05, 3.63) is 287 Å². The maximum absolute atomic E-state index is 9.63. The molecule has 12 N–H and O–H groups in total. The van der Waals surface area contributed by atoms with Gasteiger partial charge in [0, 0.05) is 116 Å². The number of nitrogens with two attached hydrogens (primary N) is 6. The van der Waals surface area contributed by atoms with Crippen LogP contribution in [0.25, 0.3) is 112 Å². The number of aryl methyl sites for hydroxylation is 4. The minimum absolute atomic E-state index is 0.116. The summed E-state index contributed by atoms with van der Waals surface area (Å²) < 4.78 is 7.10. The van der Waals surface area contributed by atoms with Crippen molar-refractivity contribution >= 4 is 43.6 Å². The summed E-state index contributed by atoms with van der Waals surface area (Å²) in [4.78, 5) is 36.9. The van der Waals surface area contributed by atoms with Crippen molar-refractivity contribution in [2.24, 2.45) is 34.4 Å². The molecule has 12 aromatic heterocycles. The highest BCUT2D eigenvalue weighted by molar-refractivity contribution is 5.92. The van der Waals surface area contributed by atoms with Gasteiger partial charge in [-0.1, -0.05) is 48.5 Å². The van der Waals surface area contributed by atoms with Crippen molar-refractivity contribution < 1.29 is 0 Å². The number of rotatable bonds is 14. The molecule has 0 bridgehead atoms. The molecule has 108 heavy (non-hydrogen) atoms. The summed E-state index contributed by atoms with van der Waals surface area (Å²) in [6.45, 7) is 16.3. The van der Waals surface area contributed by atoms with Crippen LogP contribution >= 0.6 is 0 Å². The zero-order valence-electron chi connectivity index (χ0n) is 61.0. The lowest BCUT2D eigenvalue weighted by molar-refractivity contribution is 0.782. The van der Waals surface area contributed by atoms with Gasteiger partial charge in [-0.25, -0.2) is 38.7 Å². The third-order valence-corrected chi connectivity index (χ3v) is 18.0. The van der Waals surface area contributed by atoms with Gasteiger partial charge in [-0.3, -0.25) is 19.9 Å². The Hall–Kier alpha value is -13.3. The van der Waals surface area contributed by atoms with Crippen LogP contribution in [0.2, 0.25) is 0 Å². The predicted octanol–water partition coefficient (Wildman–Crippen LogP) is 13.9. The third-order valence-electron chi connectivity index (χ3n) is 18.0. The molecular formula is C84H80N24. The summed E-state index contributed by atoms with van der Waals surface area (Å²) >= 11 is 0. The number of nitrogens with zero attached hydrogens (tertiary/aromatic N) is 18. The first-order valence-electron chi connectivity index (χ1n) is 35.2. The SMILES string of the molecule is Cc1cccc(-n2cc3c(C#N)cc(-c4cccc(C(C)N)n4)cc3n2)n1.Cc1cccc(-n2cc3c(CN)cc(-c4cccc(C(C)N)n4)cc3n2)n1.Cc1cccc(-n2ncc3c(C#N)cc(-c4cccc(C(C)N)n4)cc32)n1.Cc1cccc(-n2ncc3c(CN)cc(-c4cccc(C(C)N)n4)cc32)n1. The van der Waals surface area contributed by atoms with Crippen LogP contribution in [0, 0.1) is 50.4 Å². The molecule has 536 valence electrons. The lowest BCUT2D eigenvalue weighted by atomic mass is 10.0. The fourth-order valence-electron chi connectivity index (χ4n) is 12.4. The summed E-state index contributed by atoms with van der Waals surface area (Å²) in [7, 11) is 0. The van der Waals surface area contributed by atoms with E-state index in [0.717, 1.165) is 157 Å². The van der Waals surface area contributed by atoms with Crippen LogP contribution in [-0.2, 0) is 13.1 Å². The molecule has 0 aliphatic heterocycles. The molecule has 16 rings (SSSR count). The van der Waals surface area contributed by atoms with Crippen molar-refractivity contribution in [3.8, 4) is 80.4 Å². The number of benzene rings is 4. The molecule has 0 radical (unpaired) electrons. The number of fused-ring (bicyclic) bond motifs is 4. The molecule has 4 aromatic carbocycles. The third kappa shape index (κ3) is 16.0. The predicted molar refractivity (Wildman–Crippen MR) is 423 cm³/mol. The molecule has 0 saturated heterocycles. The molecule has 16 aromatic rings. The van der Waals surface area contributed by atoms with Crippen LogP contribution in [0.1, 0.15) is 120 Å². The Kier molecular flexibility index (Phi) is 21.6. The van der Waals surface area contributed by atoms with E-state index in [9.17, 15) is 10.5 Å². The van der Waals surface area contributed by atoms with Crippen molar-refractivity contribution in [2.75, 3.05) is 0 Å². The molecule has 0 amide bonds. The minimum atomic E-state index is -0.161. The number of aromatic nitrogens is 16. The molecule has 12 heterocycles. The van der Waals surface area contributed by atoms with Crippen LogP contribution in [0.5, 0.6) is 0 Å². The zero-order valence-corrected chi connectivity index (χ0v) is 61.0. The highest BCUT2D eigenvalue weighted by Gasteiger charge is 2.19. The smallest absolute Gasteiger partial charge is 0.154 e. The van der Waals surface area contributed by atoms with Gasteiger partial charge < -0.3 is 34.4 Å². The zero-order chi connectivity index (χ0) is 75.9. The summed E-state index contributed by atoms with van der Waals surface area (Å²) in [5.74, 6) is 2.99. The summed E-state index contributed by atoms with van der Waals surface area (Å²) in [6, 6.07) is 66.4. The van der Waals surface area contributed by atoms with Crippen LogP contribution in [-0.4, -0.2) is 79.0 Å². The first kappa shape index (κ1) is 73.0. The average Bonchev–Trinajstić information content (AvgIpc) is 1.62. The van der Waals surface area contributed by atoms with E-state index in [1.807, 2.05) is 255 Å². The van der Waals surface area contributed by atoms with Gasteiger partial charge in [0.05, 0.1) is 103 Å². The monoisotopic (exact) mass is 1420 g/mol. The van der Waals surface area contributed by atoms with Crippen molar-refractivity contribution in [3.63, 3.8) is 0 Å². The van der Waals surface area contributed by atoms with Gasteiger partial charge in [-0.2, -0.15) is 30.9 Å². The molecule has 4 unspecified atom stereocenters. The molecule has 0 aliphatic rings. The van der Waals surface area contributed by atoms with Crippen LogP contribution in [0.4, 0.5) is 0 Å².